The van der Waals surface area contributed by atoms with E-state index in [-0.39, 0.29) is 0 Å². The Balaban J connectivity index is 1.96. The topological polar surface area (TPSA) is 43.8 Å². The summed E-state index contributed by atoms with van der Waals surface area (Å²) >= 11 is 1.78. The highest BCUT2D eigenvalue weighted by Gasteiger charge is 1.99. The Morgan fingerprint density at radius 1 is 1.44 bits per heavy atom. The van der Waals surface area contributed by atoms with Crippen molar-refractivity contribution in [3.63, 3.8) is 0 Å². The van der Waals surface area contributed by atoms with Gasteiger partial charge in [-0.15, -0.1) is 11.8 Å². The first kappa shape index (κ1) is 11.1. The van der Waals surface area contributed by atoms with Crippen molar-refractivity contribution in [2.45, 2.75) is 24.1 Å². The third-order valence-electron chi connectivity index (χ3n) is 2.27. The summed E-state index contributed by atoms with van der Waals surface area (Å²) in [4.78, 5) is 1.20. The van der Waals surface area contributed by atoms with Gasteiger partial charge in [0.25, 0.3) is 0 Å². The summed E-state index contributed by atoms with van der Waals surface area (Å²) in [5.74, 6) is 0.934. The van der Waals surface area contributed by atoms with Crippen LogP contribution in [0.4, 0.5) is 5.69 Å². The van der Waals surface area contributed by atoms with Gasteiger partial charge in [0.2, 0.25) is 0 Å². The second kappa shape index (κ2) is 5.07. The Hall–Kier alpha value is -1.42. The van der Waals surface area contributed by atoms with E-state index in [0.29, 0.717) is 0 Å². The molecule has 0 aliphatic carbocycles. The summed E-state index contributed by atoms with van der Waals surface area (Å²) < 4.78 is 1.94. The molecule has 84 valence electrons. The molecule has 0 bridgehead atoms. The van der Waals surface area contributed by atoms with Gasteiger partial charge >= 0.3 is 0 Å². The van der Waals surface area contributed by atoms with Crippen molar-refractivity contribution in [1.29, 1.82) is 0 Å². The Labute approximate surface area is 99.7 Å². The molecule has 0 atom stereocenters. The third-order valence-corrected chi connectivity index (χ3v) is 3.34. The number of hydrogen-bond acceptors (Lipinski definition) is 3. The maximum Gasteiger partial charge on any atom is 0.0530 e. The molecule has 0 saturated carbocycles. The molecule has 0 radical (unpaired) electrons. The minimum Gasteiger partial charge on any atom is -0.399 e. The first-order valence-corrected chi connectivity index (χ1v) is 6.26. The fourth-order valence-electron chi connectivity index (χ4n) is 1.42. The van der Waals surface area contributed by atoms with E-state index in [1.807, 2.05) is 29.1 Å². The van der Waals surface area contributed by atoms with Crippen LogP contribution in [0.1, 0.15) is 12.5 Å². The summed E-state index contributed by atoms with van der Waals surface area (Å²) in [6.07, 6.45) is 4.00. The van der Waals surface area contributed by atoms with Crippen LogP contribution in [0.3, 0.4) is 0 Å². The molecule has 1 aromatic heterocycles. The van der Waals surface area contributed by atoms with Gasteiger partial charge in [0.05, 0.1) is 6.20 Å². The van der Waals surface area contributed by atoms with Crippen molar-refractivity contribution < 1.29 is 0 Å². The molecule has 2 rings (SSSR count). The first-order chi connectivity index (χ1) is 7.78. The summed E-state index contributed by atoms with van der Waals surface area (Å²) in [5, 5.41) is 4.24. The van der Waals surface area contributed by atoms with Crippen molar-refractivity contribution in [1.82, 2.24) is 9.78 Å². The van der Waals surface area contributed by atoms with Crippen LogP contribution in [0.2, 0.25) is 0 Å². The van der Waals surface area contributed by atoms with Gasteiger partial charge in [-0.1, -0.05) is 6.07 Å². The number of hydrogen-bond donors (Lipinski definition) is 1. The van der Waals surface area contributed by atoms with E-state index in [2.05, 4.69) is 24.3 Å². The van der Waals surface area contributed by atoms with Gasteiger partial charge in [0.1, 0.15) is 0 Å². The zero-order chi connectivity index (χ0) is 11.4. The van der Waals surface area contributed by atoms with Crippen LogP contribution in [0.25, 0.3) is 0 Å². The molecule has 1 aromatic carbocycles. The molecule has 0 spiro atoms. The zero-order valence-corrected chi connectivity index (χ0v) is 10.1. The van der Waals surface area contributed by atoms with E-state index in [9.17, 15) is 0 Å². The highest BCUT2D eigenvalue weighted by atomic mass is 32.2. The van der Waals surface area contributed by atoms with Gasteiger partial charge in [-0.25, -0.2) is 0 Å². The first-order valence-electron chi connectivity index (χ1n) is 5.27. The Morgan fingerprint density at radius 2 is 2.31 bits per heavy atom. The Bertz CT molecular complexity index is 465. The van der Waals surface area contributed by atoms with Crippen LogP contribution in [0.15, 0.2) is 41.6 Å². The predicted octanol–water partition coefficient (Wildman–Crippen LogP) is 2.78. The van der Waals surface area contributed by atoms with E-state index < -0.39 is 0 Å². The molecule has 1 heterocycles. The average Bonchev–Trinajstić information content (AvgIpc) is 2.74. The third kappa shape index (κ3) is 2.79. The van der Waals surface area contributed by atoms with Crippen LogP contribution in [-0.2, 0) is 12.3 Å². The van der Waals surface area contributed by atoms with Crippen molar-refractivity contribution in [3.8, 4) is 0 Å². The minimum atomic E-state index is 0.814. The van der Waals surface area contributed by atoms with Crippen molar-refractivity contribution in [3.05, 3.63) is 42.2 Å². The molecule has 3 nitrogen and oxygen atoms in total. The van der Waals surface area contributed by atoms with Crippen LogP contribution in [0.5, 0.6) is 0 Å². The monoisotopic (exact) mass is 233 g/mol. The van der Waals surface area contributed by atoms with E-state index in [1.54, 1.807) is 11.8 Å². The molecule has 16 heavy (non-hydrogen) atoms. The number of benzene rings is 1. The van der Waals surface area contributed by atoms with Gasteiger partial charge in [-0.3, -0.25) is 4.68 Å². The molecule has 0 aliphatic rings. The van der Waals surface area contributed by atoms with E-state index >= 15 is 0 Å². The summed E-state index contributed by atoms with van der Waals surface area (Å²) in [7, 11) is 0. The van der Waals surface area contributed by atoms with Gasteiger partial charge in [-0.05, 0) is 25.1 Å². The quantitative estimate of drug-likeness (QED) is 0.652. The molecule has 0 amide bonds. The Kier molecular flexibility index (Phi) is 3.51. The lowest BCUT2D eigenvalue weighted by Crippen LogP contribution is -1.92. The SMILES string of the molecule is CCn1cc(CSc2cccc(N)c2)cn1. The van der Waals surface area contributed by atoms with E-state index in [1.165, 1.54) is 10.5 Å². The minimum absolute atomic E-state index is 0.814. The largest absolute Gasteiger partial charge is 0.399 e. The number of anilines is 1. The average molecular weight is 233 g/mol. The van der Waals surface area contributed by atoms with Gasteiger partial charge in [0, 0.05) is 34.6 Å². The smallest absolute Gasteiger partial charge is 0.0530 e. The maximum absolute atomic E-state index is 5.72. The van der Waals surface area contributed by atoms with Gasteiger partial charge in [-0.2, -0.15) is 5.10 Å². The number of aromatic nitrogens is 2. The van der Waals surface area contributed by atoms with Gasteiger partial charge in [0.15, 0.2) is 0 Å². The number of nitrogens with zero attached hydrogens (tertiary/aromatic N) is 2. The number of rotatable bonds is 4. The number of aryl methyl sites for hydroxylation is 1. The van der Waals surface area contributed by atoms with Crippen LogP contribution < -0.4 is 5.73 Å². The van der Waals surface area contributed by atoms with E-state index in [4.69, 9.17) is 5.73 Å². The standard InChI is InChI=1S/C12H15N3S/c1-2-15-8-10(7-14-15)9-16-12-5-3-4-11(13)6-12/h3-8H,2,9,13H2,1H3. The summed E-state index contributed by atoms with van der Waals surface area (Å²) in [6.45, 7) is 3.00. The van der Waals surface area contributed by atoms with Crippen LogP contribution in [0, 0.1) is 0 Å². The molecule has 0 saturated heterocycles. The van der Waals surface area contributed by atoms with Crippen molar-refractivity contribution >= 4 is 17.4 Å². The predicted molar refractivity (Wildman–Crippen MR) is 68.3 cm³/mol. The fourth-order valence-corrected chi connectivity index (χ4v) is 2.30. The molecule has 2 aromatic rings. The second-order valence-electron chi connectivity index (χ2n) is 3.57. The zero-order valence-electron chi connectivity index (χ0n) is 9.26. The number of nitrogen functional groups attached to an aromatic ring is 1. The lowest BCUT2D eigenvalue weighted by molar-refractivity contribution is 0.659. The molecule has 0 unspecified atom stereocenters. The van der Waals surface area contributed by atoms with Crippen molar-refractivity contribution in [2.24, 2.45) is 0 Å². The Morgan fingerprint density at radius 3 is 3.00 bits per heavy atom. The molecule has 2 N–H and O–H groups in total. The van der Waals surface area contributed by atoms with Crippen LogP contribution >= 0.6 is 11.8 Å². The van der Waals surface area contributed by atoms with Gasteiger partial charge < -0.3 is 5.73 Å². The number of nitrogens with two attached hydrogens (primary N) is 1. The number of thioether (sulfide) groups is 1. The van der Waals surface area contributed by atoms with E-state index in [0.717, 1.165) is 18.0 Å². The summed E-state index contributed by atoms with van der Waals surface area (Å²) in [6, 6.07) is 7.95. The maximum atomic E-state index is 5.72. The molecule has 0 fully saturated rings. The van der Waals surface area contributed by atoms with Crippen LogP contribution in [-0.4, -0.2) is 9.78 Å². The fraction of sp³-hybridized carbons (Fsp3) is 0.250. The van der Waals surface area contributed by atoms with Crippen molar-refractivity contribution in [2.75, 3.05) is 5.73 Å². The summed E-state index contributed by atoms with van der Waals surface area (Å²) in [5.41, 5.74) is 7.78. The normalized spacial score (nSPS) is 10.6. The highest BCUT2D eigenvalue weighted by Crippen LogP contribution is 2.23. The lowest BCUT2D eigenvalue weighted by atomic mass is 10.3. The molecule has 0 aliphatic heterocycles. The lowest BCUT2D eigenvalue weighted by Gasteiger charge is -2.00. The molecule has 4 heteroatoms. The molecular formula is C12H15N3S. The highest BCUT2D eigenvalue weighted by molar-refractivity contribution is 7.98. The molecular weight excluding hydrogens is 218 g/mol. The second-order valence-corrected chi connectivity index (χ2v) is 4.61.